The van der Waals surface area contributed by atoms with E-state index in [9.17, 15) is 4.79 Å². The van der Waals surface area contributed by atoms with Gasteiger partial charge in [-0.2, -0.15) is 0 Å². The van der Waals surface area contributed by atoms with Crippen molar-refractivity contribution in [2.75, 3.05) is 19.7 Å². The SMILES string of the molecule is Cc1nc2ccccc2n1CC(=O)c1ccc(OCCCN2CCC[C@H]2C)cc1. The Kier molecular flexibility index (Phi) is 5.95. The van der Waals surface area contributed by atoms with Crippen LogP contribution in [-0.2, 0) is 6.54 Å². The molecule has 3 aromatic rings. The molecule has 1 fully saturated rings. The summed E-state index contributed by atoms with van der Waals surface area (Å²) in [5.74, 6) is 1.75. The van der Waals surface area contributed by atoms with Crippen molar-refractivity contribution < 1.29 is 9.53 Å². The highest BCUT2D eigenvalue weighted by atomic mass is 16.5. The number of benzene rings is 2. The van der Waals surface area contributed by atoms with Gasteiger partial charge in [-0.1, -0.05) is 12.1 Å². The molecule has 0 amide bonds. The first-order chi connectivity index (χ1) is 14.1. The van der Waals surface area contributed by atoms with Gasteiger partial charge >= 0.3 is 0 Å². The van der Waals surface area contributed by atoms with E-state index in [2.05, 4.69) is 16.8 Å². The van der Waals surface area contributed by atoms with Gasteiger partial charge in [0.25, 0.3) is 0 Å². The first-order valence-electron chi connectivity index (χ1n) is 10.5. The van der Waals surface area contributed by atoms with E-state index in [1.165, 1.54) is 19.4 Å². The van der Waals surface area contributed by atoms with Gasteiger partial charge in [0.05, 0.1) is 24.2 Å². The molecule has 0 radical (unpaired) electrons. The van der Waals surface area contributed by atoms with Gasteiger partial charge in [-0.15, -0.1) is 0 Å². The molecule has 1 saturated heterocycles. The maximum Gasteiger partial charge on any atom is 0.182 e. The van der Waals surface area contributed by atoms with E-state index in [-0.39, 0.29) is 5.78 Å². The number of fused-ring (bicyclic) bond motifs is 1. The summed E-state index contributed by atoms with van der Waals surface area (Å²) in [7, 11) is 0. The second kappa shape index (κ2) is 8.78. The van der Waals surface area contributed by atoms with E-state index < -0.39 is 0 Å². The number of hydrogen-bond acceptors (Lipinski definition) is 4. The third kappa shape index (κ3) is 4.51. The number of carbonyl (C=O) groups excluding carboxylic acids is 1. The number of likely N-dealkylation sites (tertiary alicyclic amines) is 1. The van der Waals surface area contributed by atoms with Crippen molar-refractivity contribution in [3.05, 3.63) is 59.9 Å². The van der Waals surface area contributed by atoms with Crippen molar-refractivity contribution in [1.82, 2.24) is 14.5 Å². The number of imidazole rings is 1. The van der Waals surface area contributed by atoms with Crippen LogP contribution < -0.4 is 4.74 Å². The number of aromatic nitrogens is 2. The number of para-hydroxylation sites is 2. The Morgan fingerprint density at radius 1 is 1.17 bits per heavy atom. The number of Topliss-reactive ketones (excluding diaryl/α,β-unsaturated/α-hetero) is 1. The highest BCUT2D eigenvalue weighted by molar-refractivity contribution is 5.96. The zero-order valence-electron chi connectivity index (χ0n) is 17.3. The predicted molar refractivity (Wildman–Crippen MR) is 116 cm³/mol. The van der Waals surface area contributed by atoms with Crippen LogP contribution >= 0.6 is 0 Å². The van der Waals surface area contributed by atoms with Gasteiger partial charge in [-0.25, -0.2) is 4.98 Å². The fraction of sp³-hybridized carbons (Fsp3) is 0.417. The zero-order chi connectivity index (χ0) is 20.2. The second-order valence-corrected chi connectivity index (χ2v) is 7.91. The summed E-state index contributed by atoms with van der Waals surface area (Å²) in [4.78, 5) is 19.8. The second-order valence-electron chi connectivity index (χ2n) is 7.91. The van der Waals surface area contributed by atoms with Crippen molar-refractivity contribution in [2.45, 2.75) is 45.7 Å². The Morgan fingerprint density at radius 2 is 1.97 bits per heavy atom. The molecule has 1 aliphatic rings. The Labute approximate surface area is 172 Å². The minimum absolute atomic E-state index is 0.0748. The number of ketones is 1. The van der Waals surface area contributed by atoms with Crippen LogP contribution in [0.15, 0.2) is 48.5 Å². The Balaban J connectivity index is 1.31. The van der Waals surface area contributed by atoms with Crippen LogP contribution in [0.1, 0.15) is 42.4 Å². The van der Waals surface area contributed by atoms with Gasteiger partial charge in [0.1, 0.15) is 11.6 Å². The number of nitrogens with zero attached hydrogens (tertiary/aromatic N) is 3. The summed E-state index contributed by atoms with van der Waals surface area (Å²) in [5.41, 5.74) is 2.61. The molecule has 0 N–H and O–H groups in total. The third-order valence-corrected chi connectivity index (χ3v) is 5.87. The van der Waals surface area contributed by atoms with Crippen molar-refractivity contribution in [1.29, 1.82) is 0 Å². The summed E-state index contributed by atoms with van der Waals surface area (Å²) >= 11 is 0. The van der Waals surface area contributed by atoms with Crippen molar-refractivity contribution in [3.63, 3.8) is 0 Å². The van der Waals surface area contributed by atoms with Crippen LogP contribution in [0.3, 0.4) is 0 Å². The molecule has 1 aliphatic heterocycles. The molecule has 0 unspecified atom stereocenters. The standard InChI is InChI=1S/C24H29N3O2/c1-18-7-5-14-26(18)15-6-16-29-21-12-10-20(11-13-21)24(28)17-27-19(2)25-22-8-3-4-9-23(22)27/h3-4,8-13,18H,5-7,14-17H2,1-2H3/t18-/m1/s1. The van der Waals surface area contributed by atoms with E-state index in [4.69, 9.17) is 4.74 Å². The quantitative estimate of drug-likeness (QED) is 0.420. The van der Waals surface area contributed by atoms with Gasteiger partial charge in [0, 0.05) is 18.2 Å². The van der Waals surface area contributed by atoms with Crippen LogP contribution in [0.4, 0.5) is 0 Å². The molecule has 2 aromatic carbocycles. The van der Waals surface area contributed by atoms with Crippen LogP contribution in [0.5, 0.6) is 5.75 Å². The van der Waals surface area contributed by atoms with E-state index in [0.717, 1.165) is 35.6 Å². The average molecular weight is 392 g/mol. The molecule has 0 bridgehead atoms. The summed E-state index contributed by atoms with van der Waals surface area (Å²) in [5, 5.41) is 0. The largest absolute Gasteiger partial charge is 0.494 e. The molecular formula is C24H29N3O2. The molecule has 0 saturated carbocycles. The Hall–Kier alpha value is -2.66. The maximum absolute atomic E-state index is 12.8. The summed E-state index contributed by atoms with van der Waals surface area (Å²) in [6.45, 7) is 7.54. The van der Waals surface area contributed by atoms with E-state index in [1.54, 1.807) is 0 Å². The van der Waals surface area contributed by atoms with Gasteiger partial charge in [0.2, 0.25) is 0 Å². The van der Waals surface area contributed by atoms with Crippen molar-refractivity contribution >= 4 is 16.8 Å². The maximum atomic E-state index is 12.8. The molecule has 2 heterocycles. The molecule has 4 rings (SSSR count). The lowest BCUT2D eigenvalue weighted by Crippen LogP contribution is -2.28. The molecule has 0 spiro atoms. The lowest BCUT2D eigenvalue weighted by atomic mass is 10.1. The van der Waals surface area contributed by atoms with Gasteiger partial charge in [0.15, 0.2) is 5.78 Å². The summed E-state index contributed by atoms with van der Waals surface area (Å²) in [6.07, 6.45) is 3.65. The van der Waals surface area contributed by atoms with E-state index in [1.807, 2.05) is 60.0 Å². The number of rotatable bonds is 8. The minimum atomic E-state index is 0.0748. The number of carbonyl (C=O) groups is 1. The fourth-order valence-corrected chi connectivity index (χ4v) is 4.15. The number of hydrogen-bond donors (Lipinski definition) is 0. The third-order valence-electron chi connectivity index (χ3n) is 5.87. The first kappa shape index (κ1) is 19.6. The zero-order valence-corrected chi connectivity index (χ0v) is 17.3. The van der Waals surface area contributed by atoms with Crippen molar-refractivity contribution in [3.8, 4) is 5.75 Å². The van der Waals surface area contributed by atoms with Gasteiger partial charge in [-0.3, -0.25) is 4.79 Å². The normalized spacial score (nSPS) is 17.1. The monoisotopic (exact) mass is 391 g/mol. The lowest BCUT2D eigenvalue weighted by molar-refractivity contribution is 0.0972. The number of ether oxygens (including phenoxy) is 1. The smallest absolute Gasteiger partial charge is 0.182 e. The van der Waals surface area contributed by atoms with Crippen LogP contribution in [0, 0.1) is 6.92 Å². The predicted octanol–water partition coefficient (Wildman–Crippen LogP) is 4.48. The molecule has 1 atom stereocenters. The van der Waals surface area contributed by atoms with Crippen LogP contribution in [0.2, 0.25) is 0 Å². The Morgan fingerprint density at radius 3 is 2.72 bits per heavy atom. The Bertz CT molecular complexity index is 977. The summed E-state index contributed by atoms with van der Waals surface area (Å²) in [6, 6.07) is 16.1. The molecule has 29 heavy (non-hydrogen) atoms. The molecular weight excluding hydrogens is 362 g/mol. The average Bonchev–Trinajstić information content (AvgIpc) is 3.28. The van der Waals surface area contributed by atoms with Gasteiger partial charge < -0.3 is 14.2 Å². The number of aryl methyl sites for hydroxylation is 1. The topological polar surface area (TPSA) is 47.4 Å². The highest BCUT2D eigenvalue weighted by Gasteiger charge is 2.19. The molecule has 152 valence electrons. The molecule has 0 aliphatic carbocycles. The van der Waals surface area contributed by atoms with E-state index >= 15 is 0 Å². The minimum Gasteiger partial charge on any atom is -0.494 e. The molecule has 5 nitrogen and oxygen atoms in total. The summed E-state index contributed by atoms with van der Waals surface area (Å²) < 4.78 is 7.84. The lowest BCUT2D eigenvalue weighted by Gasteiger charge is -2.20. The van der Waals surface area contributed by atoms with Crippen LogP contribution in [0.25, 0.3) is 11.0 Å². The molecule has 5 heteroatoms. The fourth-order valence-electron chi connectivity index (χ4n) is 4.15. The van der Waals surface area contributed by atoms with E-state index in [0.29, 0.717) is 24.8 Å². The first-order valence-corrected chi connectivity index (χ1v) is 10.5. The van der Waals surface area contributed by atoms with Crippen molar-refractivity contribution in [2.24, 2.45) is 0 Å². The van der Waals surface area contributed by atoms with Crippen LogP contribution in [-0.4, -0.2) is 46.0 Å². The van der Waals surface area contributed by atoms with Gasteiger partial charge in [-0.05, 0) is 76.1 Å². The highest BCUT2D eigenvalue weighted by Crippen LogP contribution is 2.19. The molecule has 1 aromatic heterocycles.